The standard InChI is InChI=1S/C16H24O2/c1-4-5-14(3)12-18-16(17)11-10-15-8-6-13(2)7-9-15/h6-9,14H,4-5,10-12H2,1-3H3. The quantitative estimate of drug-likeness (QED) is 0.684. The number of benzene rings is 1. The third-order valence-electron chi connectivity index (χ3n) is 3.05. The van der Waals surface area contributed by atoms with E-state index in [0.29, 0.717) is 18.9 Å². The summed E-state index contributed by atoms with van der Waals surface area (Å²) in [6.45, 7) is 6.89. The summed E-state index contributed by atoms with van der Waals surface area (Å²) in [5, 5.41) is 0. The molecular weight excluding hydrogens is 224 g/mol. The minimum Gasteiger partial charge on any atom is -0.465 e. The summed E-state index contributed by atoms with van der Waals surface area (Å²) < 4.78 is 5.26. The molecular formula is C16H24O2. The Kier molecular flexibility index (Phi) is 6.48. The molecule has 2 nitrogen and oxygen atoms in total. The lowest BCUT2D eigenvalue weighted by atomic mass is 10.1. The Morgan fingerprint density at radius 1 is 1.28 bits per heavy atom. The van der Waals surface area contributed by atoms with E-state index >= 15 is 0 Å². The fraction of sp³-hybridized carbons (Fsp3) is 0.562. The van der Waals surface area contributed by atoms with Gasteiger partial charge in [0.25, 0.3) is 0 Å². The average Bonchev–Trinajstić information content (AvgIpc) is 2.36. The third kappa shape index (κ3) is 5.85. The van der Waals surface area contributed by atoms with Crippen molar-refractivity contribution in [2.75, 3.05) is 6.61 Å². The zero-order chi connectivity index (χ0) is 13.4. The van der Waals surface area contributed by atoms with Crippen LogP contribution in [-0.2, 0) is 16.0 Å². The monoisotopic (exact) mass is 248 g/mol. The van der Waals surface area contributed by atoms with Crippen molar-refractivity contribution < 1.29 is 9.53 Å². The minimum atomic E-state index is -0.0847. The zero-order valence-electron chi connectivity index (χ0n) is 11.7. The third-order valence-corrected chi connectivity index (χ3v) is 3.05. The molecule has 0 saturated heterocycles. The van der Waals surface area contributed by atoms with Crippen LogP contribution in [0.1, 0.15) is 44.2 Å². The molecule has 18 heavy (non-hydrogen) atoms. The molecule has 0 heterocycles. The summed E-state index contributed by atoms with van der Waals surface area (Å²) in [7, 11) is 0. The summed E-state index contributed by atoms with van der Waals surface area (Å²) >= 11 is 0. The molecule has 0 aliphatic rings. The molecule has 100 valence electrons. The maximum Gasteiger partial charge on any atom is 0.306 e. The van der Waals surface area contributed by atoms with Gasteiger partial charge < -0.3 is 4.74 Å². The molecule has 0 aromatic heterocycles. The van der Waals surface area contributed by atoms with E-state index in [0.717, 1.165) is 19.3 Å². The van der Waals surface area contributed by atoms with Crippen LogP contribution in [0.15, 0.2) is 24.3 Å². The topological polar surface area (TPSA) is 26.3 Å². The second kappa shape index (κ2) is 7.91. The van der Waals surface area contributed by atoms with E-state index < -0.39 is 0 Å². The first kappa shape index (κ1) is 14.7. The van der Waals surface area contributed by atoms with E-state index in [1.54, 1.807) is 0 Å². The van der Waals surface area contributed by atoms with Gasteiger partial charge >= 0.3 is 5.97 Å². The number of aryl methyl sites for hydroxylation is 2. The lowest BCUT2D eigenvalue weighted by Crippen LogP contribution is -2.12. The molecule has 1 rings (SSSR count). The molecule has 0 N–H and O–H groups in total. The molecule has 1 aromatic carbocycles. The highest BCUT2D eigenvalue weighted by Gasteiger charge is 2.07. The van der Waals surface area contributed by atoms with E-state index in [1.165, 1.54) is 11.1 Å². The summed E-state index contributed by atoms with van der Waals surface area (Å²) in [6, 6.07) is 8.29. The maximum absolute atomic E-state index is 11.6. The van der Waals surface area contributed by atoms with Crippen LogP contribution >= 0.6 is 0 Å². The number of carbonyl (C=O) groups excluding carboxylic acids is 1. The Hall–Kier alpha value is -1.31. The number of rotatable bonds is 7. The van der Waals surface area contributed by atoms with Crippen LogP contribution in [0.4, 0.5) is 0 Å². The van der Waals surface area contributed by atoms with Crippen molar-refractivity contribution in [3.8, 4) is 0 Å². The van der Waals surface area contributed by atoms with E-state index in [9.17, 15) is 4.79 Å². The molecule has 0 spiro atoms. The predicted octanol–water partition coefficient (Wildman–Crippen LogP) is 3.91. The van der Waals surface area contributed by atoms with Gasteiger partial charge in [0.15, 0.2) is 0 Å². The average molecular weight is 248 g/mol. The van der Waals surface area contributed by atoms with Crippen LogP contribution in [0.5, 0.6) is 0 Å². The molecule has 1 atom stereocenters. The van der Waals surface area contributed by atoms with Crippen molar-refractivity contribution in [1.29, 1.82) is 0 Å². The van der Waals surface area contributed by atoms with Crippen molar-refractivity contribution in [2.45, 2.75) is 46.5 Å². The van der Waals surface area contributed by atoms with E-state index in [1.807, 2.05) is 0 Å². The molecule has 0 aliphatic heterocycles. The number of esters is 1. The molecule has 0 radical (unpaired) electrons. The molecule has 0 bridgehead atoms. The zero-order valence-corrected chi connectivity index (χ0v) is 11.7. The Morgan fingerprint density at radius 3 is 2.56 bits per heavy atom. The second-order valence-corrected chi connectivity index (χ2v) is 5.06. The van der Waals surface area contributed by atoms with Gasteiger partial charge in [-0.25, -0.2) is 0 Å². The van der Waals surface area contributed by atoms with Crippen LogP contribution in [0.2, 0.25) is 0 Å². The van der Waals surface area contributed by atoms with Crippen LogP contribution < -0.4 is 0 Å². The van der Waals surface area contributed by atoms with Crippen molar-refractivity contribution in [2.24, 2.45) is 5.92 Å². The molecule has 1 aromatic rings. The normalized spacial score (nSPS) is 12.2. The molecule has 1 unspecified atom stereocenters. The maximum atomic E-state index is 11.6. The summed E-state index contributed by atoms with van der Waals surface area (Å²) in [5.74, 6) is 0.386. The molecule has 0 saturated carbocycles. The van der Waals surface area contributed by atoms with Crippen molar-refractivity contribution in [3.05, 3.63) is 35.4 Å². The van der Waals surface area contributed by atoms with Gasteiger partial charge in [-0.15, -0.1) is 0 Å². The predicted molar refractivity (Wildman–Crippen MR) is 74.5 cm³/mol. The van der Waals surface area contributed by atoms with Gasteiger partial charge in [0.1, 0.15) is 0 Å². The van der Waals surface area contributed by atoms with E-state index in [2.05, 4.69) is 45.0 Å². The largest absolute Gasteiger partial charge is 0.465 e. The van der Waals surface area contributed by atoms with Gasteiger partial charge in [0, 0.05) is 6.42 Å². The van der Waals surface area contributed by atoms with Gasteiger partial charge in [0.05, 0.1) is 6.61 Å². The van der Waals surface area contributed by atoms with Crippen LogP contribution in [0.3, 0.4) is 0 Å². The Labute approximate surface area is 110 Å². The molecule has 0 amide bonds. The number of carbonyl (C=O) groups is 1. The highest BCUT2D eigenvalue weighted by molar-refractivity contribution is 5.69. The van der Waals surface area contributed by atoms with E-state index in [-0.39, 0.29) is 5.97 Å². The van der Waals surface area contributed by atoms with Gasteiger partial charge in [-0.3, -0.25) is 4.79 Å². The van der Waals surface area contributed by atoms with Crippen LogP contribution in [0, 0.1) is 12.8 Å². The summed E-state index contributed by atoms with van der Waals surface area (Å²) in [5.41, 5.74) is 2.44. The first-order valence-corrected chi connectivity index (χ1v) is 6.83. The van der Waals surface area contributed by atoms with Gasteiger partial charge in [-0.2, -0.15) is 0 Å². The van der Waals surface area contributed by atoms with Crippen LogP contribution in [-0.4, -0.2) is 12.6 Å². The Morgan fingerprint density at radius 2 is 1.94 bits per heavy atom. The van der Waals surface area contributed by atoms with E-state index in [4.69, 9.17) is 4.74 Å². The fourth-order valence-corrected chi connectivity index (χ4v) is 1.88. The first-order valence-electron chi connectivity index (χ1n) is 6.83. The number of ether oxygens (including phenoxy) is 1. The molecule has 0 fully saturated rings. The lowest BCUT2D eigenvalue weighted by Gasteiger charge is -2.10. The molecule has 0 aliphatic carbocycles. The Bertz CT molecular complexity index is 354. The van der Waals surface area contributed by atoms with Crippen molar-refractivity contribution >= 4 is 5.97 Å². The second-order valence-electron chi connectivity index (χ2n) is 5.06. The highest BCUT2D eigenvalue weighted by Crippen LogP contribution is 2.08. The summed E-state index contributed by atoms with van der Waals surface area (Å²) in [6.07, 6.45) is 3.50. The van der Waals surface area contributed by atoms with Gasteiger partial charge in [-0.05, 0) is 31.2 Å². The minimum absolute atomic E-state index is 0.0847. The fourth-order valence-electron chi connectivity index (χ4n) is 1.88. The van der Waals surface area contributed by atoms with Crippen molar-refractivity contribution in [1.82, 2.24) is 0 Å². The summed E-state index contributed by atoms with van der Waals surface area (Å²) in [4.78, 5) is 11.6. The van der Waals surface area contributed by atoms with Gasteiger partial charge in [-0.1, -0.05) is 50.1 Å². The SMILES string of the molecule is CCCC(C)COC(=O)CCc1ccc(C)cc1. The first-order chi connectivity index (χ1) is 8.61. The number of hydrogen-bond acceptors (Lipinski definition) is 2. The highest BCUT2D eigenvalue weighted by atomic mass is 16.5. The smallest absolute Gasteiger partial charge is 0.306 e. The molecule has 2 heteroatoms. The van der Waals surface area contributed by atoms with Gasteiger partial charge in [0.2, 0.25) is 0 Å². The number of hydrogen-bond donors (Lipinski definition) is 0. The van der Waals surface area contributed by atoms with Crippen LogP contribution in [0.25, 0.3) is 0 Å². The lowest BCUT2D eigenvalue weighted by molar-refractivity contribution is -0.144. The Balaban J connectivity index is 2.22. The van der Waals surface area contributed by atoms with Crippen molar-refractivity contribution in [3.63, 3.8) is 0 Å².